The number of quaternary nitrogens is 1. The lowest BCUT2D eigenvalue weighted by atomic mass is 9.85. The zero-order chi connectivity index (χ0) is 21.0. The molecule has 0 spiro atoms. The molecule has 3 aliphatic rings. The summed E-state index contributed by atoms with van der Waals surface area (Å²) in [5, 5.41) is 0. The number of carbonyl (C=O) groups excluding carboxylic acids is 3. The number of fused-ring (bicyclic) bond motifs is 3. The van der Waals surface area contributed by atoms with Gasteiger partial charge < -0.3 is 9.64 Å². The summed E-state index contributed by atoms with van der Waals surface area (Å²) in [5.74, 6) is -0.762. The third-order valence-corrected chi connectivity index (χ3v) is 7.00. The zero-order valence-corrected chi connectivity index (χ0v) is 17.1. The number of amides is 2. The molecule has 5 rings (SSSR count). The molecule has 0 aliphatic carbocycles. The van der Waals surface area contributed by atoms with E-state index < -0.39 is 17.9 Å². The van der Waals surface area contributed by atoms with Crippen molar-refractivity contribution in [2.24, 2.45) is 11.8 Å². The Balaban J connectivity index is 1.52. The Morgan fingerprint density at radius 3 is 2.33 bits per heavy atom. The van der Waals surface area contributed by atoms with Gasteiger partial charge in [-0.2, -0.15) is 0 Å². The normalized spacial score (nSPS) is 29.8. The number of nitrogens with zero attached hydrogens (tertiary/aromatic N) is 1. The molecule has 1 N–H and O–H groups in total. The summed E-state index contributed by atoms with van der Waals surface area (Å²) in [6.45, 7) is 2.80. The summed E-state index contributed by atoms with van der Waals surface area (Å²) in [5.41, 5.74) is 2.23. The maximum absolute atomic E-state index is 13.5. The first-order valence-corrected chi connectivity index (χ1v) is 10.5. The van der Waals surface area contributed by atoms with Gasteiger partial charge >= 0.3 is 0 Å². The van der Waals surface area contributed by atoms with Gasteiger partial charge in [-0.15, -0.1) is 0 Å². The first-order valence-electron chi connectivity index (χ1n) is 10.5. The number of ketones is 1. The highest BCUT2D eigenvalue weighted by molar-refractivity contribution is 6.24. The van der Waals surface area contributed by atoms with Crippen molar-refractivity contribution in [3.63, 3.8) is 0 Å². The van der Waals surface area contributed by atoms with Crippen molar-refractivity contribution < 1.29 is 24.0 Å². The molecule has 6 heteroatoms. The summed E-state index contributed by atoms with van der Waals surface area (Å²) < 4.78 is 5.19. The van der Waals surface area contributed by atoms with E-state index in [0.717, 1.165) is 29.8 Å². The van der Waals surface area contributed by atoms with Crippen molar-refractivity contribution >= 4 is 23.3 Å². The van der Waals surface area contributed by atoms with Crippen molar-refractivity contribution in [1.29, 1.82) is 0 Å². The fraction of sp³-hybridized carbons (Fsp3) is 0.375. The molecule has 3 aliphatic heterocycles. The smallest absolute Gasteiger partial charge is 0.244 e. The molecule has 2 amide bonds. The lowest BCUT2D eigenvalue weighted by Crippen LogP contribution is -3.16. The molecule has 0 bridgehead atoms. The minimum Gasteiger partial charge on any atom is -0.497 e. The molecule has 2 aromatic rings. The lowest BCUT2D eigenvalue weighted by molar-refractivity contribution is -0.915. The third kappa shape index (κ3) is 2.70. The molecular formula is C24H25N2O4+. The molecule has 0 saturated carbocycles. The van der Waals surface area contributed by atoms with Crippen molar-refractivity contribution in [3.05, 3.63) is 59.7 Å². The van der Waals surface area contributed by atoms with Crippen LogP contribution >= 0.6 is 0 Å². The quantitative estimate of drug-likeness (QED) is 0.617. The fourth-order valence-corrected chi connectivity index (χ4v) is 5.62. The Morgan fingerprint density at radius 1 is 1.00 bits per heavy atom. The van der Waals surface area contributed by atoms with E-state index in [9.17, 15) is 14.4 Å². The fourth-order valence-electron chi connectivity index (χ4n) is 5.62. The highest BCUT2D eigenvalue weighted by Crippen LogP contribution is 2.40. The van der Waals surface area contributed by atoms with Crippen LogP contribution < -0.4 is 14.5 Å². The molecule has 3 heterocycles. The molecule has 1 unspecified atom stereocenters. The largest absolute Gasteiger partial charge is 0.497 e. The number of aryl methyl sites for hydroxylation is 1. The molecule has 5 atom stereocenters. The summed E-state index contributed by atoms with van der Waals surface area (Å²) in [7, 11) is 1.58. The lowest BCUT2D eigenvalue weighted by Gasteiger charge is -2.25. The van der Waals surface area contributed by atoms with Crippen LogP contribution in [0.15, 0.2) is 48.5 Å². The summed E-state index contributed by atoms with van der Waals surface area (Å²) in [4.78, 5) is 42.8. The first kappa shape index (κ1) is 19.0. The van der Waals surface area contributed by atoms with Gasteiger partial charge in [0.2, 0.25) is 17.6 Å². The molecule has 3 fully saturated rings. The first-order chi connectivity index (χ1) is 14.5. The Hall–Kier alpha value is -2.99. The predicted octanol–water partition coefficient (Wildman–Crippen LogP) is 1.42. The van der Waals surface area contributed by atoms with Gasteiger partial charge in [-0.3, -0.25) is 14.4 Å². The SMILES string of the molecule is COc1ccc(C(=O)[C@H]2[C@H]3C(=O)N(c4ccc(C)cc4)C(=O)[C@H]3[C@@H]3CCC[NH+]32)cc1. The monoisotopic (exact) mass is 405 g/mol. The third-order valence-electron chi connectivity index (χ3n) is 7.00. The number of carbonyl (C=O) groups is 3. The van der Waals surface area contributed by atoms with Gasteiger partial charge in [0.05, 0.1) is 19.3 Å². The van der Waals surface area contributed by atoms with Gasteiger partial charge in [0.25, 0.3) is 0 Å². The maximum Gasteiger partial charge on any atom is 0.244 e. The minimum atomic E-state index is -0.589. The average Bonchev–Trinajstić information content (AvgIpc) is 3.41. The molecule has 30 heavy (non-hydrogen) atoms. The van der Waals surface area contributed by atoms with Crippen LogP contribution in [-0.4, -0.2) is 43.3 Å². The number of benzene rings is 2. The van der Waals surface area contributed by atoms with Gasteiger partial charge in [0.1, 0.15) is 23.6 Å². The zero-order valence-electron chi connectivity index (χ0n) is 17.1. The second kappa shape index (κ2) is 7.06. The average molecular weight is 405 g/mol. The molecule has 3 saturated heterocycles. The van der Waals surface area contributed by atoms with Gasteiger partial charge in [-0.1, -0.05) is 17.7 Å². The molecule has 154 valence electrons. The predicted molar refractivity (Wildman–Crippen MR) is 111 cm³/mol. The van der Waals surface area contributed by atoms with Gasteiger partial charge in [0.15, 0.2) is 6.04 Å². The molecule has 2 aromatic carbocycles. The van der Waals surface area contributed by atoms with E-state index in [-0.39, 0.29) is 23.6 Å². The van der Waals surface area contributed by atoms with Crippen molar-refractivity contribution in [2.75, 3.05) is 18.6 Å². The number of rotatable bonds is 4. The summed E-state index contributed by atoms with van der Waals surface area (Å²) in [6.07, 6.45) is 1.85. The van der Waals surface area contributed by atoms with Crippen LogP contribution in [0, 0.1) is 18.8 Å². The molecule has 0 radical (unpaired) electrons. The highest BCUT2D eigenvalue weighted by atomic mass is 16.5. The summed E-state index contributed by atoms with van der Waals surface area (Å²) >= 11 is 0. The second-order valence-electron chi connectivity index (χ2n) is 8.54. The van der Waals surface area contributed by atoms with Crippen LogP contribution in [0.5, 0.6) is 5.75 Å². The summed E-state index contributed by atoms with van der Waals surface area (Å²) in [6, 6.07) is 14.0. The van der Waals surface area contributed by atoms with E-state index in [1.807, 2.05) is 31.2 Å². The topological polar surface area (TPSA) is 68.1 Å². The second-order valence-corrected chi connectivity index (χ2v) is 8.54. The van der Waals surface area contributed by atoms with Crippen molar-refractivity contribution in [2.45, 2.75) is 31.8 Å². The van der Waals surface area contributed by atoms with Crippen LogP contribution in [0.4, 0.5) is 5.69 Å². The molecular weight excluding hydrogens is 380 g/mol. The number of Topliss-reactive ketones (excluding diaryl/α,β-unsaturated/α-hetero) is 1. The number of hydrogen-bond acceptors (Lipinski definition) is 4. The minimum absolute atomic E-state index is 0.0362. The van der Waals surface area contributed by atoms with Crippen molar-refractivity contribution in [3.8, 4) is 5.75 Å². The standard InChI is InChI=1S/C24H24N2O4/c1-14-5-9-16(10-6-14)26-23(28)19-18-4-3-13-25(18)21(20(19)24(26)29)22(27)15-7-11-17(30-2)12-8-15/h5-12,18-21H,3-4,13H2,1-2H3/p+1/t18-,19-,20-,21+/m0/s1. The van der Waals surface area contributed by atoms with Gasteiger partial charge in [-0.05, 0) is 43.3 Å². The van der Waals surface area contributed by atoms with E-state index in [2.05, 4.69) is 0 Å². The van der Waals surface area contributed by atoms with Crippen molar-refractivity contribution in [1.82, 2.24) is 0 Å². The number of hydrogen-bond donors (Lipinski definition) is 1. The van der Waals surface area contributed by atoms with Gasteiger partial charge in [0, 0.05) is 18.4 Å². The van der Waals surface area contributed by atoms with Crippen LogP contribution in [0.1, 0.15) is 28.8 Å². The molecule has 6 nitrogen and oxygen atoms in total. The number of nitrogens with one attached hydrogen (secondary N) is 1. The molecule has 0 aromatic heterocycles. The number of ether oxygens (including phenoxy) is 1. The number of imide groups is 1. The Kier molecular flexibility index (Phi) is 4.47. The van der Waals surface area contributed by atoms with Gasteiger partial charge in [-0.25, -0.2) is 4.90 Å². The van der Waals surface area contributed by atoms with E-state index in [4.69, 9.17) is 4.74 Å². The van der Waals surface area contributed by atoms with Crippen LogP contribution in [0.3, 0.4) is 0 Å². The Labute approximate surface area is 175 Å². The van der Waals surface area contributed by atoms with Crippen LogP contribution in [0.2, 0.25) is 0 Å². The Bertz CT molecular complexity index is 1010. The van der Waals surface area contributed by atoms with E-state index in [1.165, 1.54) is 4.90 Å². The maximum atomic E-state index is 13.5. The van der Waals surface area contributed by atoms with Crippen LogP contribution in [-0.2, 0) is 9.59 Å². The van der Waals surface area contributed by atoms with E-state index in [0.29, 0.717) is 17.0 Å². The van der Waals surface area contributed by atoms with E-state index >= 15 is 0 Å². The van der Waals surface area contributed by atoms with E-state index in [1.54, 1.807) is 31.4 Å². The number of methoxy groups -OCH3 is 1. The van der Waals surface area contributed by atoms with Crippen LogP contribution in [0.25, 0.3) is 0 Å². The number of anilines is 1. The highest BCUT2D eigenvalue weighted by Gasteiger charge is 2.68. The Morgan fingerprint density at radius 2 is 1.67 bits per heavy atom.